The number of amides is 1. The number of carbonyl (C=O) groups is 1. The van der Waals surface area contributed by atoms with Gasteiger partial charge in [-0.15, -0.1) is 0 Å². The summed E-state index contributed by atoms with van der Waals surface area (Å²) in [7, 11) is 0. The maximum atomic E-state index is 12.9. The van der Waals surface area contributed by atoms with Crippen LogP contribution in [-0.2, 0) is 16.7 Å². The van der Waals surface area contributed by atoms with Gasteiger partial charge in [-0.25, -0.2) is 0 Å². The Morgan fingerprint density at radius 2 is 1.78 bits per heavy atom. The quantitative estimate of drug-likeness (QED) is 0.542. The standard InChI is InChI=1S/C20H23AsN2O4/c1-4-14-6-11-18-17(12-14)13(3)19(23(18)5-2)20(24)22-16-9-7-15(8-10-16)21(25,26)27/h6-12H,4-5H2,1-3H3,(H,22,24)(H2,25,26,27). The van der Waals surface area contributed by atoms with Crippen molar-refractivity contribution in [1.82, 2.24) is 4.57 Å². The van der Waals surface area contributed by atoms with Crippen molar-refractivity contribution in [3.8, 4) is 0 Å². The number of hydrogen-bond donors (Lipinski definition) is 3. The molecule has 6 nitrogen and oxygen atoms in total. The Labute approximate surface area is 160 Å². The second kappa shape index (κ2) is 7.39. The van der Waals surface area contributed by atoms with Crippen LogP contribution in [0.25, 0.3) is 10.9 Å². The molecule has 3 N–H and O–H groups in total. The molecule has 0 saturated heterocycles. The van der Waals surface area contributed by atoms with Crippen LogP contribution in [0.3, 0.4) is 0 Å². The first kappa shape index (κ1) is 19.5. The van der Waals surface area contributed by atoms with Crippen molar-refractivity contribution in [3.63, 3.8) is 0 Å². The SMILES string of the molecule is CCc1ccc2c(c1)c(C)c(C(=O)Nc1ccc([As](=O)(O)O)cc1)n2CC. The molecule has 0 atom stereocenters. The molecule has 0 aliphatic heterocycles. The summed E-state index contributed by atoms with van der Waals surface area (Å²) >= 11 is -4.92. The molecule has 142 valence electrons. The number of aryl methyl sites for hydroxylation is 3. The first-order valence-corrected chi connectivity index (χ1v) is 12.2. The zero-order chi connectivity index (χ0) is 19.8. The van der Waals surface area contributed by atoms with Gasteiger partial charge in [0.15, 0.2) is 0 Å². The van der Waals surface area contributed by atoms with E-state index in [-0.39, 0.29) is 10.3 Å². The molecule has 3 rings (SSSR count). The van der Waals surface area contributed by atoms with Crippen molar-refractivity contribution in [3.05, 3.63) is 59.3 Å². The van der Waals surface area contributed by atoms with E-state index in [9.17, 15) is 16.7 Å². The van der Waals surface area contributed by atoms with Gasteiger partial charge in [0.2, 0.25) is 0 Å². The van der Waals surface area contributed by atoms with Crippen LogP contribution in [-0.4, -0.2) is 32.8 Å². The summed E-state index contributed by atoms with van der Waals surface area (Å²) < 4.78 is 31.8. The zero-order valence-corrected chi connectivity index (χ0v) is 17.4. The molecule has 0 bridgehead atoms. The van der Waals surface area contributed by atoms with Gasteiger partial charge in [-0.05, 0) is 0 Å². The average Bonchev–Trinajstić information content (AvgIpc) is 2.92. The molecular weight excluding hydrogens is 407 g/mol. The third-order valence-electron chi connectivity index (χ3n) is 4.78. The molecule has 0 radical (unpaired) electrons. The Hall–Kier alpha value is -2.27. The fourth-order valence-electron chi connectivity index (χ4n) is 3.34. The van der Waals surface area contributed by atoms with Gasteiger partial charge in [-0.3, -0.25) is 0 Å². The Balaban J connectivity index is 1.98. The third-order valence-corrected chi connectivity index (χ3v) is 6.82. The van der Waals surface area contributed by atoms with Crippen molar-refractivity contribution in [2.45, 2.75) is 33.7 Å². The van der Waals surface area contributed by atoms with Crippen LogP contribution >= 0.6 is 0 Å². The van der Waals surface area contributed by atoms with Crippen molar-refractivity contribution in [2.75, 3.05) is 5.32 Å². The fourth-order valence-corrected chi connectivity index (χ4v) is 4.47. The van der Waals surface area contributed by atoms with Crippen LogP contribution < -0.4 is 9.67 Å². The third kappa shape index (κ3) is 3.74. The van der Waals surface area contributed by atoms with Crippen molar-refractivity contribution < 1.29 is 16.7 Å². The number of carbonyl (C=O) groups excluding carboxylic acids is 1. The predicted molar refractivity (Wildman–Crippen MR) is 107 cm³/mol. The minimum atomic E-state index is -4.92. The Bertz CT molecular complexity index is 1050. The maximum absolute atomic E-state index is 12.9. The van der Waals surface area contributed by atoms with Gasteiger partial charge in [0, 0.05) is 0 Å². The normalized spacial score (nSPS) is 11.7. The van der Waals surface area contributed by atoms with E-state index in [1.807, 2.05) is 18.4 Å². The van der Waals surface area contributed by atoms with E-state index >= 15 is 0 Å². The van der Waals surface area contributed by atoms with Crippen LogP contribution in [0.15, 0.2) is 42.5 Å². The second-order valence-electron chi connectivity index (χ2n) is 6.47. The molecule has 0 spiro atoms. The van der Waals surface area contributed by atoms with Gasteiger partial charge in [0.25, 0.3) is 0 Å². The average molecular weight is 430 g/mol. The van der Waals surface area contributed by atoms with Gasteiger partial charge in [-0.2, -0.15) is 0 Å². The van der Waals surface area contributed by atoms with E-state index in [2.05, 4.69) is 30.4 Å². The summed E-state index contributed by atoms with van der Waals surface area (Å²) in [4.78, 5) is 12.9. The first-order chi connectivity index (χ1) is 12.8. The number of anilines is 1. The van der Waals surface area contributed by atoms with Gasteiger partial charge < -0.3 is 0 Å². The van der Waals surface area contributed by atoms with Crippen LogP contribution in [0.5, 0.6) is 0 Å². The molecule has 0 aliphatic carbocycles. The van der Waals surface area contributed by atoms with Gasteiger partial charge in [0.05, 0.1) is 0 Å². The van der Waals surface area contributed by atoms with E-state index in [0.29, 0.717) is 17.9 Å². The second-order valence-corrected chi connectivity index (χ2v) is 9.83. The van der Waals surface area contributed by atoms with Crippen molar-refractivity contribution >= 4 is 41.0 Å². The van der Waals surface area contributed by atoms with Crippen LogP contribution in [0.4, 0.5) is 5.69 Å². The Kier molecular flexibility index (Phi) is 5.33. The summed E-state index contributed by atoms with van der Waals surface area (Å²) in [5.41, 5.74) is 4.27. The van der Waals surface area contributed by atoms with E-state index in [1.165, 1.54) is 29.8 Å². The first-order valence-electron chi connectivity index (χ1n) is 8.85. The van der Waals surface area contributed by atoms with Gasteiger partial charge in [-0.1, -0.05) is 6.92 Å². The zero-order valence-electron chi connectivity index (χ0n) is 15.6. The molecule has 0 unspecified atom stereocenters. The molecule has 0 fully saturated rings. The molecule has 2 aromatic carbocycles. The molecule has 27 heavy (non-hydrogen) atoms. The number of aromatic nitrogens is 1. The van der Waals surface area contributed by atoms with Crippen LogP contribution in [0.1, 0.15) is 35.5 Å². The molecule has 7 heteroatoms. The van der Waals surface area contributed by atoms with E-state index in [4.69, 9.17) is 0 Å². The predicted octanol–water partition coefficient (Wildman–Crippen LogP) is 2.35. The van der Waals surface area contributed by atoms with Crippen molar-refractivity contribution in [2.24, 2.45) is 0 Å². The Morgan fingerprint density at radius 1 is 1.11 bits per heavy atom. The number of benzene rings is 2. The number of nitrogens with one attached hydrogen (secondary N) is 1. The summed E-state index contributed by atoms with van der Waals surface area (Å²) in [5.74, 6) is -0.238. The number of rotatable bonds is 5. The van der Waals surface area contributed by atoms with Gasteiger partial charge >= 0.3 is 154 Å². The molecule has 1 amide bonds. The molecule has 0 aliphatic rings. The van der Waals surface area contributed by atoms with Crippen LogP contribution in [0, 0.1) is 6.92 Å². The summed E-state index contributed by atoms with van der Waals surface area (Å²) in [5, 5.41) is 3.91. The van der Waals surface area contributed by atoms with E-state index < -0.39 is 14.2 Å². The summed E-state index contributed by atoms with van der Waals surface area (Å²) in [6, 6.07) is 12.0. The summed E-state index contributed by atoms with van der Waals surface area (Å²) in [6.07, 6.45) is 0.932. The topological polar surface area (TPSA) is 91.6 Å². The molecular formula is C20H23AsN2O4. The fraction of sp³-hybridized carbons (Fsp3) is 0.250. The van der Waals surface area contributed by atoms with Gasteiger partial charge in [0.1, 0.15) is 0 Å². The van der Waals surface area contributed by atoms with Crippen molar-refractivity contribution in [1.29, 1.82) is 0 Å². The molecule has 3 aromatic rings. The van der Waals surface area contributed by atoms with E-state index in [1.54, 1.807) is 0 Å². The monoisotopic (exact) mass is 430 g/mol. The molecule has 0 saturated carbocycles. The summed E-state index contributed by atoms with van der Waals surface area (Å²) in [6.45, 7) is 6.71. The van der Waals surface area contributed by atoms with Crippen LogP contribution in [0.2, 0.25) is 0 Å². The van der Waals surface area contributed by atoms with E-state index in [0.717, 1.165) is 22.9 Å². The molecule has 1 heterocycles. The number of nitrogens with zero attached hydrogens (tertiary/aromatic N) is 1. The Morgan fingerprint density at radius 3 is 2.33 bits per heavy atom. The number of fused-ring (bicyclic) bond motifs is 1. The number of hydrogen-bond acceptors (Lipinski definition) is 2. The molecule has 1 aromatic heterocycles. The minimum absolute atomic E-state index is 0.0166.